The summed E-state index contributed by atoms with van der Waals surface area (Å²) in [6, 6.07) is 5.89. The molecule has 3 aromatic heterocycles. The number of ether oxygens (including phenoxy) is 1. The number of carbonyl (C=O) groups is 1. The molecular formula is C23H19F3N6O2. The van der Waals surface area contributed by atoms with E-state index < -0.39 is 23.9 Å². The molecule has 4 rings (SSSR count). The molecule has 0 N–H and O–H groups in total. The van der Waals surface area contributed by atoms with Gasteiger partial charge in [0.2, 0.25) is 0 Å². The van der Waals surface area contributed by atoms with E-state index in [1.54, 1.807) is 19.9 Å². The van der Waals surface area contributed by atoms with Crippen molar-refractivity contribution >= 4 is 17.7 Å². The molecule has 1 saturated carbocycles. The largest absolute Gasteiger partial charge is 0.459 e. The molecule has 0 unspecified atom stereocenters. The van der Waals surface area contributed by atoms with Crippen LogP contribution >= 0.6 is 0 Å². The molecule has 174 valence electrons. The van der Waals surface area contributed by atoms with Crippen molar-refractivity contribution in [2.45, 2.75) is 44.9 Å². The van der Waals surface area contributed by atoms with E-state index in [1.165, 1.54) is 35.7 Å². The van der Waals surface area contributed by atoms with Crippen LogP contribution in [0, 0.1) is 11.3 Å². The van der Waals surface area contributed by atoms with E-state index in [1.807, 2.05) is 6.07 Å². The van der Waals surface area contributed by atoms with Crippen LogP contribution < -0.4 is 0 Å². The quantitative estimate of drug-likeness (QED) is 0.389. The predicted molar refractivity (Wildman–Crippen MR) is 115 cm³/mol. The number of alkyl halides is 3. The number of pyridine rings is 2. The summed E-state index contributed by atoms with van der Waals surface area (Å²) in [5.74, 6) is -0.630. The first-order chi connectivity index (χ1) is 16.1. The summed E-state index contributed by atoms with van der Waals surface area (Å²) < 4.78 is 46.6. The normalized spacial score (nSPS) is 14.2. The lowest BCUT2D eigenvalue weighted by Crippen LogP contribution is -2.14. The molecule has 0 aromatic carbocycles. The van der Waals surface area contributed by atoms with Crippen LogP contribution in [0.25, 0.3) is 23.2 Å². The second kappa shape index (κ2) is 9.05. The first-order valence-corrected chi connectivity index (χ1v) is 10.4. The van der Waals surface area contributed by atoms with E-state index >= 15 is 0 Å². The highest BCUT2D eigenvalue weighted by atomic mass is 19.4. The van der Waals surface area contributed by atoms with Gasteiger partial charge < -0.3 is 4.74 Å². The highest BCUT2D eigenvalue weighted by Crippen LogP contribution is 2.41. The molecule has 3 aromatic rings. The number of carbonyl (C=O) groups excluding carboxylic acids is 1. The van der Waals surface area contributed by atoms with Crippen molar-refractivity contribution in [2.75, 3.05) is 0 Å². The Hall–Kier alpha value is -4.07. The van der Waals surface area contributed by atoms with Gasteiger partial charge in [0.05, 0.1) is 17.2 Å². The monoisotopic (exact) mass is 468 g/mol. The molecule has 0 saturated heterocycles. The zero-order chi connectivity index (χ0) is 24.5. The Morgan fingerprint density at radius 1 is 1.26 bits per heavy atom. The summed E-state index contributed by atoms with van der Waals surface area (Å²) in [6.07, 6.45) is 1.90. The maximum atomic E-state index is 13.4. The van der Waals surface area contributed by atoms with Gasteiger partial charge in [-0.15, -0.1) is 5.10 Å². The van der Waals surface area contributed by atoms with Gasteiger partial charge in [0.25, 0.3) is 0 Å². The molecule has 0 atom stereocenters. The van der Waals surface area contributed by atoms with Crippen molar-refractivity contribution in [3.63, 3.8) is 0 Å². The van der Waals surface area contributed by atoms with Crippen molar-refractivity contribution in [1.82, 2.24) is 24.7 Å². The Kier molecular flexibility index (Phi) is 6.15. The lowest BCUT2D eigenvalue weighted by molar-refractivity contribution is -0.141. The summed E-state index contributed by atoms with van der Waals surface area (Å²) in [6.45, 7) is 3.37. The minimum atomic E-state index is -4.60. The van der Waals surface area contributed by atoms with Crippen molar-refractivity contribution in [1.29, 1.82) is 5.26 Å². The lowest BCUT2D eigenvalue weighted by atomic mass is 10.1. The Labute approximate surface area is 192 Å². The number of nitrogens with zero attached hydrogens (tertiary/aromatic N) is 6. The Balaban J connectivity index is 1.74. The van der Waals surface area contributed by atoms with Gasteiger partial charge in [-0.25, -0.2) is 19.4 Å². The number of hydrogen-bond donors (Lipinski definition) is 0. The van der Waals surface area contributed by atoms with Gasteiger partial charge in [-0.3, -0.25) is 4.98 Å². The Bertz CT molecular complexity index is 1300. The molecular weight excluding hydrogens is 449 g/mol. The second-order valence-electron chi connectivity index (χ2n) is 8.06. The van der Waals surface area contributed by atoms with Crippen molar-refractivity contribution in [3.8, 4) is 17.5 Å². The minimum Gasteiger partial charge on any atom is -0.459 e. The van der Waals surface area contributed by atoms with Crippen molar-refractivity contribution in [3.05, 3.63) is 59.4 Å². The summed E-state index contributed by atoms with van der Waals surface area (Å²) in [7, 11) is 0. The van der Waals surface area contributed by atoms with Crippen LogP contribution in [0.2, 0.25) is 0 Å². The third kappa shape index (κ3) is 5.28. The second-order valence-corrected chi connectivity index (χ2v) is 8.06. The van der Waals surface area contributed by atoms with E-state index in [0.29, 0.717) is 11.3 Å². The average molecular weight is 468 g/mol. The van der Waals surface area contributed by atoms with Crippen LogP contribution in [0.1, 0.15) is 55.1 Å². The average Bonchev–Trinajstić information content (AvgIpc) is 3.54. The van der Waals surface area contributed by atoms with Crippen LogP contribution in [0.4, 0.5) is 13.2 Å². The summed E-state index contributed by atoms with van der Waals surface area (Å²) in [5, 5.41) is 13.4. The van der Waals surface area contributed by atoms with Gasteiger partial charge in [0, 0.05) is 41.3 Å². The number of hydrogen-bond acceptors (Lipinski definition) is 7. The molecule has 0 spiro atoms. The minimum absolute atomic E-state index is 0.000323. The summed E-state index contributed by atoms with van der Waals surface area (Å²) >= 11 is 0. The molecule has 1 aliphatic rings. The van der Waals surface area contributed by atoms with Gasteiger partial charge in [-0.2, -0.15) is 18.4 Å². The molecule has 11 heteroatoms. The number of halogens is 3. The Morgan fingerprint density at radius 2 is 2.03 bits per heavy atom. The number of aromatic nitrogens is 5. The Morgan fingerprint density at radius 3 is 2.68 bits per heavy atom. The van der Waals surface area contributed by atoms with Gasteiger partial charge >= 0.3 is 12.1 Å². The molecule has 0 aliphatic heterocycles. The van der Waals surface area contributed by atoms with Gasteiger partial charge in [-0.05, 0) is 44.9 Å². The van der Waals surface area contributed by atoms with Crippen LogP contribution in [-0.2, 0) is 15.7 Å². The van der Waals surface area contributed by atoms with E-state index in [4.69, 9.17) is 10.00 Å². The zero-order valence-corrected chi connectivity index (χ0v) is 18.2. The van der Waals surface area contributed by atoms with Crippen LogP contribution in [-0.4, -0.2) is 36.8 Å². The number of nitriles is 1. The summed E-state index contributed by atoms with van der Waals surface area (Å²) in [4.78, 5) is 24.6. The van der Waals surface area contributed by atoms with Gasteiger partial charge in [-0.1, -0.05) is 0 Å². The maximum Gasteiger partial charge on any atom is 0.433 e. The third-order valence-electron chi connectivity index (χ3n) is 4.90. The predicted octanol–water partition coefficient (Wildman–Crippen LogP) is 4.45. The fraction of sp³-hybridized carbons (Fsp3) is 0.304. The molecule has 0 radical (unpaired) electrons. The smallest absolute Gasteiger partial charge is 0.433 e. The number of rotatable bonds is 6. The zero-order valence-electron chi connectivity index (χ0n) is 18.2. The van der Waals surface area contributed by atoms with E-state index in [0.717, 1.165) is 18.9 Å². The molecule has 0 amide bonds. The fourth-order valence-electron chi connectivity index (χ4n) is 3.19. The molecule has 34 heavy (non-hydrogen) atoms. The first-order valence-electron chi connectivity index (χ1n) is 10.4. The van der Waals surface area contributed by atoms with Crippen LogP contribution in [0.15, 0.2) is 36.9 Å². The molecule has 3 heterocycles. The molecule has 0 bridgehead atoms. The first kappa shape index (κ1) is 23.1. The van der Waals surface area contributed by atoms with Gasteiger partial charge in [0.15, 0.2) is 5.82 Å². The fourth-order valence-corrected chi connectivity index (χ4v) is 3.19. The van der Waals surface area contributed by atoms with Crippen molar-refractivity contribution < 1.29 is 22.7 Å². The summed E-state index contributed by atoms with van der Waals surface area (Å²) in [5.41, 5.74) is 0.150. The SMILES string of the molecule is CC(C)OC(=O)/C(=C/n1cnc(-c2cc(C3CC3)nc(C(F)(F)F)c2)n1)c1cncc(C#N)c1. The van der Waals surface area contributed by atoms with Crippen LogP contribution in [0.3, 0.4) is 0 Å². The number of esters is 1. The van der Waals surface area contributed by atoms with Crippen LogP contribution in [0.5, 0.6) is 0 Å². The standard InChI is InChI=1S/C23H19F3N6O2/c1-13(2)34-22(33)18(17-5-14(8-27)9-28-10-17)11-32-12-29-21(31-32)16-6-19(15-3-4-15)30-20(7-16)23(24,25)26/h5-7,9-13,15H,3-4H2,1-2H3/b18-11+. The molecule has 1 fully saturated rings. The van der Waals surface area contributed by atoms with E-state index in [2.05, 4.69) is 20.1 Å². The highest BCUT2D eigenvalue weighted by molar-refractivity contribution is 6.20. The lowest BCUT2D eigenvalue weighted by Gasteiger charge is -2.11. The van der Waals surface area contributed by atoms with Crippen molar-refractivity contribution in [2.24, 2.45) is 0 Å². The molecule has 1 aliphatic carbocycles. The maximum absolute atomic E-state index is 13.4. The topological polar surface area (TPSA) is 107 Å². The van der Waals surface area contributed by atoms with E-state index in [9.17, 15) is 18.0 Å². The van der Waals surface area contributed by atoms with Gasteiger partial charge in [0.1, 0.15) is 18.1 Å². The molecule has 8 nitrogen and oxygen atoms in total. The van der Waals surface area contributed by atoms with E-state index in [-0.39, 0.29) is 28.4 Å². The highest BCUT2D eigenvalue weighted by Gasteiger charge is 2.35. The third-order valence-corrected chi connectivity index (χ3v) is 4.90.